The van der Waals surface area contributed by atoms with Gasteiger partial charge in [0.1, 0.15) is 17.0 Å². The second kappa shape index (κ2) is 12.7. The summed E-state index contributed by atoms with van der Waals surface area (Å²) in [5.41, 5.74) is 12.9. The normalized spacial score (nSPS) is 12.9. The minimum absolute atomic E-state index is 0.206. The first-order valence-electron chi connectivity index (χ1n) is 19.0. The molecule has 10 aromatic rings. The molecular formula is C53H34FNO. The van der Waals surface area contributed by atoms with Gasteiger partial charge in [0, 0.05) is 33.2 Å². The van der Waals surface area contributed by atoms with Gasteiger partial charge in [-0.2, -0.15) is 0 Å². The molecule has 0 saturated heterocycles. The maximum atomic E-state index is 16.3. The van der Waals surface area contributed by atoms with Gasteiger partial charge < -0.3 is 9.32 Å². The van der Waals surface area contributed by atoms with E-state index in [2.05, 4.69) is 157 Å². The van der Waals surface area contributed by atoms with E-state index in [4.69, 9.17) is 4.42 Å². The van der Waals surface area contributed by atoms with Crippen LogP contribution in [-0.2, 0) is 5.41 Å². The molecule has 0 unspecified atom stereocenters. The summed E-state index contributed by atoms with van der Waals surface area (Å²) >= 11 is 0. The summed E-state index contributed by atoms with van der Waals surface area (Å²) in [6, 6.07) is 71.6. The number of fused-ring (bicyclic) bond motifs is 8. The number of rotatable bonds is 6. The summed E-state index contributed by atoms with van der Waals surface area (Å²) in [7, 11) is 0. The Morgan fingerprint density at radius 1 is 0.393 bits per heavy atom. The van der Waals surface area contributed by atoms with Crippen LogP contribution in [0.3, 0.4) is 0 Å². The Morgan fingerprint density at radius 3 is 1.66 bits per heavy atom. The number of para-hydroxylation sites is 2. The van der Waals surface area contributed by atoms with Crippen LogP contribution in [0.25, 0.3) is 55.0 Å². The highest BCUT2D eigenvalue weighted by Gasteiger charge is 2.47. The molecule has 264 valence electrons. The number of hydrogen-bond acceptors (Lipinski definition) is 2. The summed E-state index contributed by atoms with van der Waals surface area (Å²) in [4.78, 5) is 2.29. The molecule has 1 heterocycles. The third-order valence-corrected chi connectivity index (χ3v) is 11.6. The monoisotopic (exact) mass is 719 g/mol. The Bertz CT molecular complexity index is 3040. The molecule has 0 fully saturated rings. The number of nitrogens with zero attached hydrogens (tertiary/aromatic N) is 1. The van der Waals surface area contributed by atoms with Crippen LogP contribution in [0.5, 0.6) is 0 Å². The van der Waals surface area contributed by atoms with E-state index in [1.54, 1.807) is 6.07 Å². The van der Waals surface area contributed by atoms with Crippen molar-refractivity contribution in [3.63, 3.8) is 0 Å². The number of benzene rings is 9. The van der Waals surface area contributed by atoms with Gasteiger partial charge in [-0.15, -0.1) is 0 Å². The highest BCUT2D eigenvalue weighted by atomic mass is 19.1. The Morgan fingerprint density at radius 2 is 0.946 bits per heavy atom. The lowest BCUT2D eigenvalue weighted by atomic mass is 9.67. The molecule has 56 heavy (non-hydrogen) atoms. The van der Waals surface area contributed by atoms with Crippen molar-refractivity contribution < 1.29 is 8.81 Å². The first-order valence-corrected chi connectivity index (χ1v) is 19.0. The van der Waals surface area contributed by atoms with Crippen molar-refractivity contribution in [2.75, 3.05) is 4.90 Å². The first-order chi connectivity index (χ1) is 27.7. The fraction of sp³-hybridized carbons (Fsp3) is 0.0189. The summed E-state index contributed by atoms with van der Waals surface area (Å²) in [5, 5.41) is 3.75. The molecule has 3 heteroatoms. The third-order valence-electron chi connectivity index (χ3n) is 11.6. The lowest BCUT2D eigenvalue weighted by Gasteiger charge is -2.34. The first kappa shape index (κ1) is 32.2. The Balaban J connectivity index is 1.09. The smallest absolute Gasteiger partial charge is 0.135 e. The average molecular weight is 720 g/mol. The maximum absolute atomic E-state index is 16.3. The van der Waals surface area contributed by atoms with Crippen LogP contribution in [0.2, 0.25) is 0 Å². The molecule has 0 spiro atoms. The molecule has 1 aliphatic carbocycles. The number of halogens is 1. The summed E-state index contributed by atoms with van der Waals surface area (Å²) in [6.07, 6.45) is 0. The highest BCUT2D eigenvalue weighted by Crippen LogP contribution is 2.58. The predicted molar refractivity (Wildman–Crippen MR) is 229 cm³/mol. The van der Waals surface area contributed by atoms with Gasteiger partial charge in [-0.3, -0.25) is 0 Å². The summed E-state index contributed by atoms with van der Waals surface area (Å²) in [6.45, 7) is 0. The number of hydrogen-bond donors (Lipinski definition) is 0. The van der Waals surface area contributed by atoms with Gasteiger partial charge in [0.25, 0.3) is 0 Å². The van der Waals surface area contributed by atoms with Crippen LogP contribution in [0.4, 0.5) is 21.5 Å². The van der Waals surface area contributed by atoms with Crippen molar-refractivity contribution in [2.24, 2.45) is 0 Å². The molecule has 0 aliphatic heterocycles. The third kappa shape index (κ3) is 4.81. The minimum atomic E-state index is -0.728. The van der Waals surface area contributed by atoms with E-state index < -0.39 is 5.41 Å². The zero-order valence-corrected chi connectivity index (χ0v) is 30.4. The van der Waals surface area contributed by atoms with Crippen molar-refractivity contribution in [3.8, 4) is 22.3 Å². The quantitative estimate of drug-likeness (QED) is 0.170. The minimum Gasteiger partial charge on any atom is -0.456 e. The van der Waals surface area contributed by atoms with E-state index in [0.717, 1.165) is 88.9 Å². The summed E-state index contributed by atoms with van der Waals surface area (Å²) < 4.78 is 22.4. The van der Waals surface area contributed by atoms with Crippen LogP contribution < -0.4 is 4.90 Å². The van der Waals surface area contributed by atoms with Gasteiger partial charge in [-0.1, -0.05) is 146 Å². The lowest BCUT2D eigenvalue weighted by molar-refractivity contribution is 0.633. The molecule has 0 bridgehead atoms. The molecule has 0 atom stereocenters. The van der Waals surface area contributed by atoms with Crippen molar-refractivity contribution in [1.82, 2.24) is 0 Å². The van der Waals surface area contributed by atoms with E-state index in [9.17, 15) is 0 Å². The Labute approximate surface area is 324 Å². The molecule has 11 rings (SSSR count). The van der Waals surface area contributed by atoms with E-state index in [1.807, 2.05) is 48.5 Å². The molecule has 9 aromatic carbocycles. The largest absolute Gasteiger partial charge is 0.456 e. The zero-order chi connectivity index (χ0) is 37.2. The van der Waals surface area contributed by atoms with Gasteiger partial charge in [-0.25, -0.2) is 4.39 Å². The molecule has 0 amide bonds. The van der Waals surface area contributed by atoms with Crippen LogP contribution in [0.15, 0.2) is 211 Å². The van der Waals surface area contributed by atoms with Gasteiger partial charge in [-0.05, 0) is 111 Å². The van der Waals surface area contributed by atoms with Crippen LogP contribution in [0.1, 0.15) is 22.3 Å². The maximum Gasteiger partial charge on any atom is 0.135 e. The topological polar surface area (TPSA) is 16.4 Å². The Kier molecular flexibility index (Phi) is 7.30. The molecule has 2 nitrogen and oxygen atoms in total. The number of furan rings is 1. The lowest BCUT2D eigenvalue weighted by Crippen LogP contribution is -2.28. The second-order valence-corrected chi connectivity index (χ2v) is 14.6. The molecule has 0 N–H and O–H groups in total. The number of anilines is 3. The van der Waals surface area contributed by atoms with Crippen molar-refractivity contribution >= 4 is 49.8 Å². The Hall–Kier alpha value is -7.23. The van der Waals surface area contributed by atoms with E-state index >= 15 is 4.39 Å². The van der Waals surface area contributed by atoms with E-state index in [0.29, 0.717) is 5.39 Å². The van der Waals surface area contributed by atoms with E-state index in [1.165, 1.54) is 0 Å². The fourth-order valence-electron chi connectivity index (χ4n) is 9.16. The van der Waals surface area contributed by atoms with Gasteiger partial charge in [0.05, 0.1) is 5.41 Å². The van der Waals surface area contributed by atoms with Crippen LogP contribution in [-0.4, -0.2) is 0 Å². The van der Waals surface area contributed by atoms with Crippen molar-refractivity contribution in [1.29, 1.82) is 0 Å². The molecule has 0 radical (unpaired) electrons. The van der Waals surface area contributed by atoms with Gasteiger partial charge >= 0.3 is 0 Å². The molecule has 1 aromatic heterocycles. The van der Waals surface area contributed by atoms with Crippen LogP contribution in [0, 0.1) is 5.82 Å². The average Bonchev–Trinajstić information content (AvgIpc) is 3.78. The van der Waals surface area contributed by atoms with Gasteiger partial charge in [0.2, 0.25) is 0 Å². The SMILES string of the molecule is Fc1cc2c(c3ccccc13)-c1ccc(-c3ccc(N(c4ccccc4)c4ccc5oc6ccccc6c5c4)cc3)cc1C2(c1ccccc1)c1ccccc1. The standard InChI is InChI=1S/C53H34FNO/c54-49-34-48-52(44-22-11-10-20-42(44)49)45-30-26-36(32-47(45)53(48,37-14-4-1-5-15-37)38-16-6-2-7-17-38)35-24-27-40(28-25-35)55(39-18-8-3-9-19-39)41-29-31-51-46(33-41)43-21-12-13-23-50(43)56-51/h1-34H. The van der Waals surface area contributed by atoms with Crippen molar-refractivity contribution in [2.45, 2.75) is 5.41 Å². The van der Waals surface area contributed by atoms with E-state index in [-0.39, 0.29) is 5.82 Å². The summed E-state index contributed by atoms with van der Waals surface area (Å²) in [5.74, 6) is -0.206. The zero-order valence-electron chi connectivity index (χ0n) is 30.4. The fourth-order valence-corrected chi connectivity index (χ4v) is 9.16. The van der Waals surface area contributed by atoms with Crippen molar-refractivity contribution in [3.05, 3.63) is 234 Å². The highest BCUT2D eigenvalue weighted by molar-refractivity contribution is 6.07. The molecule has 0 saturated carbocycles. The second-order valence-electron chi connectivity index (χ2n) is 14.6. The van der Waals surface area contributed by atoms with Crippen LogP contribution >= 0.6 is 0 Å². The van der Waals surface area contributed by atoms with Gasteiger partial charge in [0.15, 0.2) is 0 Å². The molecular weight excluding hydrogens is 686 g/mol. The molecule has 1 aliphatic rings. The predicted octanol–water partition coefficient (Wildman–Crippen LogP) is 14.4.